The van der Waals surface area contributed by atoms with E-state index >= 15 is 0 Å². The van der Waals surface area contributed by atoms with Crippen molar-refractivity contribution in [3.8, 4) is 11.3 Å². The zero-order chi connectivity index (χ0) is 27.2. The summed E-state index contributed by atoms with van der Waals surface area (Å²) in [4.78, 5) is 33.1. The largest absolute Gasteiger partial charge is 0.322 e. The Morgan fingerprint density at radius 1 is 0.795 bits per heavy atom. The number of anilines is 2. The van der Waals surface area contributed by atoms with E-state index in [1.54, 1.807) is 0 Å². The van der Waals surface area contributed by atoms with Crippen LogP contribution in [-0.4, -0.2) is 16.8 Å². The lowest BCUT2D eigenvalue weighted by Gasteiger charge is -2.17. The number of carbonyl (C=O) groups is 2. The molecule has 194 valence electrons. The van der Waals surface area contributed by atoms with E-state index in [2.05, 4.69) is 10.6 Å². The molecule has 5 nitrogen and oxygen atoms in total. The number of thioether (sulfide) groups is 1. The number of nitrogens with zero attached hydrogens (tertiary/aromatic N) is 1. The summed E-state index contributed by atoms with van der Waals surface area (Å²) in [6.07, 6.45) is 0. The monoisotopic (exact) mass is 549 g/mol. The maximum absolute atomic E-state index is 13.6. The molecule has 5 aromatic rings. The number of carbonyl (C=O) groups excluding carboxylic acids is 2. The Labute approximate surface area is 236 Å². The van der Waals surface area contributed by atoms with Crippen molar-refractivity contribution < 1.29 is 9.59 Å². The average molecular weight is 550 g/mol. The quantitative estimate of drug-likeness (QED) is 0.192. The van der Waals surface area contributed by atoms with Crippen LogP contribution >= 0.6 is 23.1 Å². The minimum atomic E-state index is -0.516. The Bertz CT molecular complexity index is 1600. The highest BCUT2D eigenvalue weighted by atomic mass is 32.2. The molecule has 1 aromatic heterocycles. The summed E-state index contributed by atoms with van der Waals surface area (Å²) >= 11 is 2.90. The van der Waals surface area contributed by atoms with Crippen molar-refractivity contribution in [3.05, 3.63) is 131 Å². The molecule has 0 aliphatic carbocycles. The molecule has 0 aliphatic heterocycles. The third-order valence-corrected chi connectivity index (χ3v) is 8.28. The van der Waals surface area contributed by atoms with Crippen LogP contribution < -0.4 is 10.6 Å². The van der Waals surface area contributed by atoms with Crippen LogP contribution in [0.5, 0.6) is 0 Å². The third kappa shape index (κ3) is 6.45. The van der Waals surface area contributed by atoms with Gasteiger partial charge in [0.1, 0.15) is 5.25 Å². The lowest BCUT2D eigenvalue weighted by molar-refractivity contribution is -0.115. The van der Waals surface area contributed by atoms with Crippen LogP contribution in [0.25, 0.3) is 11.3 Å². The minimum Gasteiger partial charge on any atom is -0.322 e. The van der Waals surface area contributed by atoms with Gasteiger partial charge in [0.15, 0.2) is 5.13 Å². The van der Waals surface area contributed by atoms with Gasteiger partial charge in [-0.25, -0.2) is 4.98 Å². The van der Waals surface area contributed by atoms with E-state index in [1.165, 1.54) is 23.1 Å². The van der Waals surface area contributed by atoms with Crippen LogP contribution in [0.2, 0.25) is 0 Å². The molecule has 1 atom stereocenters. The molecule has 1 unspecified atom stereocenters. The van der Waals surface area contributed by atoms with Gasteiger partial charge in [0.2, 0.25) is 5.91 Å². The fraction of sp³-hybridized carbons (Fsp3) is 0.0938. The normalized spacial score (nSPS) is 11.5. The van der Waals surface area contributed by atoms with Crippen molar-refractivity contribution in [2.75, 3.05) is 10.6 Å². The van der Waals surface area contributed by atoms with Crippen molar-refractivity contribution >= 4 is 45.7 Å². The molecule has 2 amide bonds. The fourth-order valence-corrected chi connectivity index (χ4v) is 6.12. The highest BCUT2D eigenvalue weighted by molar-refractivity contribution is 8.00. The molecular formula is C32H27N3O2S2. The van der Waals surface area contributed by atoms with Gasteiger partial charge in [-0.05, 0) is 49.2 Å². The van der Waals surface area contributed by atoms with Crippen molar-refractivity contribution in [2.24, 2.45) is 0 Å². The van der Waals surface area contributed by atoms with Gasteiger partial charge in [-0.3, -0.25) is 9.59 Å². The summed E-state index contributed by atoms with van der Waals surface area (Å²) in [5, 5.41) is 6.08. The summed E-state index contributed by atoms with van der Waals surface area (Å²) in [6.45, 7) is 3.92. The highest BCUT2D eigenvalue weighted by Crippen LogP contribution is 2.38. The van der Waals surface area contributed by atoms with E-state index in [-0.39, 0.29) is 11.8 Å². The molecule has 4 aromatic carbocycles. The smallest absolute Gasteiger partial charge is 0.255 e. The van der Waals surface area contributed by atoms with E-state index in [4.69, 9.17) is 4.98 Å². The molecule has 0 saturated carbocycles. The minimum absolute atomic E-state index is 0.158. The number of benzene rings is 4. The van der Waals surface area contributed by atoms with Gasteiger partial charge in [0.05, 0.1) is 5.69 Å². The first-order chi connectivity index (χ1) is 19.0. The van der Waals surface area contributed by atoms with E-state index in [1.807, 2.05) is 123 Å². The molecule has 0 radical (unpaired) electrons. The summed E-state index contributed by atoms with van der Waals surface area (Å²) < 4.78 is 0. The zero-order valence-electron chi connectivity index (χ0n) is 21.5. The number of thiazole rings is 1. The lowest BCUT2D eigenvalue weighted by atomic mass is 10.1. The van der Waals surface area contributed by atoms with Crippen LogP contribution in [0.15, 0.2) is 114 Å². The Hall–Kier alpha value is -4.20. The van der Waals surface area contributed by atoms with Crippen LogP contribution in [0, 0.1) is 13.8 Å². The number of amides is 2. The van der Waals surface area contributed by atoms with Gasteiger partial charge in [-0.1, -0.05) is 84.9 Å². The molecular weight excluding hydrogens is 523 g/mol. The summed E-state index contributed by atoms with van der Waals surface area (Å²) in [5.74, 6) is -0.324. The summed E-state index contributed by atoms with van der Waals surface area (Å²) in [5.41, 5.74) is 4.98. The standard InChI is InChI=1S/C32H27N3O2S2/c1-21-12-9-10-19-27(21)30(36)33-25-17-11-18-26(20-25)39-29(24-15-7-4-8-16-24)31(37)35-32-34-28(22(2)38-32)23-13-5-3-6-14-23/h3-20,29H,1-2H3,(H,33,36)(H,34,35,37). The molecule has 0 bridgehead atoms. The van der Waals surface area contributed by atoms with Crippen LogP contribution in [-0.2, 0) is 4.79 Å². The Kier molecular flexibility index (Phi) is 8.20. The second-order valence-electron chi connectivity index (χ2n) is 8.98. The first-order valence-corrected chi connectivity index (χ1v) is 14.2. The molecule has 5 rings (SSSR count). The fourth-order valence-electron chi connectivity index (χ4n) is 4.19. The number of nitrogens with one attached hydrogen (secondary N) is 2. The van der Waals surface area contributed by atoms with E-state index in [9.17, 15) is 9.59 Å². The first-order valence-electron chi connectivity index (χ1n) is 12.5. The van der Waals surface area contributed by atoms with Gasteiger partial charge in [-0.15, -0.1) is 23.1 Å². The van der Waals surface area contributed by atoms with E-state index in [0.29, 0.717) is 16.4 Å². The molecule has 0 aliphatic rings. The number of hydrogen-bond acceptors (Lipinski definition) is 5. The zero-order valence-corrected chi connectivity index (χ0v) is 23.2. The molecule has 39 heavy (non-hydrogen) atoms. The van der Waals surface area contributed by atoms with Gasteiger partial charge >= 0.3 is 0 Å². The predicted molar refractivity (Wildman–Crippen MR) is 162 cm³/mol. The Balaban J connectivity index is 1.36. The van der Waals surface area contributed by atoms with Crippen LogP contribution in [0.4, 0.5) is 10.8 Å². The van der Waals surface area contributed by atoms with Gasteiger partial charge in [0.25, 0.3) is 5.91 Å². The topological polar surface area (TPSA) is 71.1 Å². The maximum Gasteiger partial charge on any atom is 0.255 e. The molecule has 0 fully saturated rings. The average Bonchev–Trinajstić information content (AvgIpc) is 3.32. The molecule has 0 saturated heterocycles. The van der Waals surface area contributed by atoms with Crippen LogP contribution in [0.3, 0.4) is 0 Å². The van der Waals surface area contributed by atoms with Crippen molar-refractivity contribution in [1.29, 1.82) is 0 Å². The van der Waals surface area contributed by atoms with Gasteiger partial charge in [0, 0.05) is 26.6 Å². The Morgan fingerprint density at radius 3 is 2.23 bits per heavy atom. The highest BCUT2D eigenvalue weighted by Gasteiger charge is 2.24. The van der Waals surface area contributed by atoms with Crippen LogP contribution in [0.1, 0.15) is 31.6 Å². The number of rotatable bonds is 8. The number of aromatic nitrogens is 1. The van der Waals surface area contributed by atoms with Gasteiger partial charge in [-0.2, -0.15) is 0 Å². The molecule has 0 spiro atoms. The third-order valence-electron chi connectivity index (χ3n) is 6.15. The predicted octanol–water partition coefficient (Wildman–Crippen LogP) is 8.15. The van der Waals surface area contributed by atoms with Crippen molar-refractivity contribution in [3.63, 3.8) is 0 Å². The SMILES string of the molecule is Cc1ccccc1C(=O)Nc1cccc(SC(C(=O)Nc2nc(-c3ccccc3)c(C)s2)c2ccccc2)c1. The van der Waals surface area contributed by atoms with Gasteiger partial charge < -0.3 is 10.6 Å². The maximum atomic E-state index is 13.6. The second-order valence-corrected chi connectivity index (χ2v) is 11.4. The summed E-state index contributed by atoms with van der Waals surface area (Å²) in [7, 11) is 0. The lowest BCUT2D eigenvalue weighted by Crippen LogP contribution is -2.19. The van der Waals surface area contributed by atoms with Crippen molar-refractivity contribution in [1.82, 2.24) is 4.98 Å². The van der Waals surface area contributed by atoms with E-state index < -0.39 is 5.25 Å². The number of hydrogen-bond donors (Lipinski definition) is 2. The first kappa shape index (κ1) is 26.4. The number of aryl methyl sites for hydroxylation is 2. The molecule has 2 N–H and O–H groups in total. The summed E-state index contributed by atoms with van der Waals surface area (Å²) in [6, 6.07) is 34.7. The second kappa shape index (κ2) is 12.1. The molecule has 1 heterocycles. The van der Waals surface area contributed by atoms with E-state index in [0.717, 1.165) is 32.2 Å². The van der Waals surface area contributed by atoms with Crippen molar-refractivity contribution in [2.45, 2.75) is 24.0 Å². The molecule has 7 heteroatoms. The Morgan fingerprint density at radius 2 is 1.49 bits per heavy atom.